The lowest BCUT2D eigenvalue weighted by Gasteiger charge is -2.36. The lowest BCUT2D eigenvalue weighted by Crippen LogP contribution is -2.46. The van der Waals surface area contributed by atoms with Crippen molar-refractivity contribution >= 4 is 28.5 Å². The van der Waals surface area contributed by atoms with E-state index in [9.17, 15) is 22.4 Å². The first-order valence-corrected chi connectivity index (χ1v) is 10.2. The molecule has 1 amide bonds. The Hall–Kier alpha value is -2.73. The molecule has 1 aromatic carbocycles. The van der Waals surface area contributed by atoms with Gasteiger partial charge < -0.3 is 15.8 Å². The summed E-state index contributed by atoms with van der Waals surface area (Å²) in [5.41, 5.74) is 4.84. The van der Waals surface area contributed by atoms with Crippen LogP contribution in [-0.2, 0) is 10.3 Å². The Morgan fingerprint density at radius 3 is 2.72 bits per heavy atom. The summed E-state index contributed by atoms with van der Waals surface area (Å²) in [5, 5.41) is 2.61. The first-order valence-electron chi connectivity index (χ1n) is 9.16. The molecular formula is C20H21F4N5O2S. The number of benzene rings is 1. The van der Waals surface area contributed by atoms with Crippen molar-refractivity contribution in [2.24, 2.45) is 16.6 Å². The summed E-state index contributed by atoms with van der Waals surface area (Å²) in [6, 6.07) is 3.62. The molecule has 2 aliphatic heterocycles. The number of aromatic nitrogens is 2. The second-order valence-corrected chi connectivity index (χ2v) is 8.30. The van der Waals surface area contributed by atoms with Gasteiger partial charge in [0.1, 0.15) is 17.1 Å². The van der Waals surface area contributed by atoms with Crippen LogP contribution < -0.4 is 11.1 Å². The van der Waals surface area contributed by atoms with E-state index in [0.29, 0.717) is 5.69 Å². The van der Waals surface area contributed by atoms with Gasteiger partial charge in [-0.15, -0.1) is 0 Å². The summed E-state index contributed by atoms with van der Waals surface area (Å²) in [4.78, 5) is 24.6. The number of nitrogens with two attached hydrogens (primary N) is 1. The van der Waals surface area contributed by atoms with E-state index in [1.54, 1.807) is 6.92 Å². The maximum Gasteiger partial charge on any atom is 0.415 e. The van der Waals surface area contributed by atoms with E-state index >= 15 is 0 Å². The van der Waals surface area contributed by atoms with Crippen molar-refractivity contribution in [2.45, 2.75) is 32.2 Å². The van der Waals surface area contributed by atoms with Gasteiger partial charge in [0.25, 0.3) is 5.91 Å². The molecule has 4 rings (SSSR count). The second-order valence-electron chi connectivity index (χ2n) is 7.26. The Bertz CT molecular complexity index is 1050. The molecule has 12 heteroatoms. The number of hydrogen-bond donors (Lipinski definition) is 2. The number of aliphatic imine (C=N–C) groups is 1. The minimum Gasteiger partial charge on any atom is -0.379 e. The maximum absolute atomic E-state index is 14.9. The summed E-state index contributed by atoms with van der Waals surface area (Å²) in [7, 11) is 0. The molecule has 1 fully saturated rings. The number of rotatable bonds is 3. The summed E-state index contributed by atoms with van der Waals surface area (Å²) in [5.74, 6) is -2.58. The van der Waals surface area contributed by atoms with E-state index in [1.165, 1.54) is 24.5 Å². The summed E-state index contributed by atoms with van der Waals surface area (Å²) < 4.78 is 60.4. The molecule has 172 valence electrons. The fourth-order valence-corrected chi connectivity index (χ4v) is 4.76. The highest BCUT2D eigenvalue weighted by Gasteiger charge is 2.62. The van der Waals surface area contributed by atoms with E-state index in [4.69, 9.17) is 10.5 Å². The highest BCUT2D eigenvalue weighted by molar-refractivity contribution is 8.13. The summed E-state index contributed by atoms with van der Waals surface area (Å²) in [6.45, 7) is 1.23. The van der Waals surface area contributed by atoms with Gasteiger partial charge in [-0.3, -0.25) is 9.78 Å². The van der Waals surface area contributed by atoms with Crippen molar-refractivity contribution in [1.82, 2.24) is 9.97 Å². The quantitative estimate of drug-likeness (QED) is 0.663. The third-order valence-electron chi connectivity index (χ3n) is 5.21. The van der Waals surface area contributed by atoms with Crippen LogP contribution in [0.2, 0.25) is 0 Å². The van der Waals surface area contributed by atoms with Gasteiger partial charge in [-0.25, -0.2) is 14.4 Å². The van der Waals surface area contributed by atoms with Crippen molar-refractivity contribution in [3.05, 3.63) is 53.4 Å². The Morgan fingerprint density at radius 2 is 2.06 bits per heavy atom. The number of anilines is 1. The molecule has 32 heavy (non-hydrogen) atoms. The molecule has 3 atom stereocenters. The smallest absolute Gasteiger partial charge is 0.379 e. The van der Waals surface area contributed by atoms with Gasteiger partial charge in [0, 0.05) is 29.1 Å². The fourth-order valence-electron chi connectivity index (χ4n) is 3.74. The number of carbonyl (C=O) groups excluding carboxylic acids is 1. The van der Waals surface area contributed by atoms with E-state index in [2.05, 4.69) is 20.3 Å². The number of alkyl halides is 3. The highest BCUT2D eigenvalue weighted by Crippen LogP contribution is 2.52. The van der Waals surface area contributed by atoms with Crippen LogP contribution in [0.3, 0.4) is 0 Å². The zero-order chi connectivity index (χ0) is 22.4. The minimum atomic E-state index is -4.64. The number of halogens is 4. The van der Waals surface area contributed by atoms with Crippen LogP contribution >= 0.6 is 11.8 Å². The number of fused-ring (bicyclic) bond motifs is 1. The fraction of sp³-hybridized carbons (Fsp3) is 0.400. The van der Waals surface area contributed by atoms with Crippen LogP contribution in [0.1, 0.15) is 29.2 Å². The third-order valence-corrected chi connectivity index (χ3v) is 6.12. The zero-order valence-electron chi connectivity index (χ0n) is 16.1. The van der Waals surface area contributed by atoms with E-state index < -0.39 is 42.1 Å². The topological polar surface area (TPSA) is 102 Å². The number of amides is 1. The molecule has 7 nitrogen and oxygen atoms in total. The number of thioether (sulfide) groups is 1. The molecule has 1 saturated heterocycles. The van der Waals surface area contributed by atoms with Crippen LogP contribution in [0.15, 0.2) is 35.6 Å². The number of ether oxygens (including phenoxy) is 1. The van der Waals surface area contributed by atoms with Gasteiger partial charge in [-0.1, -0.05) is 19.2 Å². The van der Waals surface area contributed by atoms with Crippen molar-refractivity contribution in [2.75, 3.05) is 17.7 Å². The molecule has 2 aliphatic rings. The maximum atomic E-state index is 14.9. The summed E-state index contributed by atoms with van der Waals surface area (Å²) in [6.07, 6.45) is -4.04. The van der Waals surface area contributed by atoms with E-state index in [-0.39, 0.29) is 35.3 Å². The normalized spacial score (nSPS) is 24.8. The number of amidine groups is 1. The molecule has 0 bridgehead atoms. The molecular weight excluding hydrogens is 450 g/mol. The molecule has 3 heterocycles. The van der Waals surface area contributed by atoms with Gasteiger partial charge in [0.15, 0.2) is 11.3 Å². The van der Waals surface area contributed by atoms with Gasteiger partial charge in [0.2, 0.25) is 0 Å². The predicted molar refractivity (Wildman–Crippen MR) is 113 cm³/mol. The van der Waals surface area contributed by atoms with Crippen LogP contribution in [0, 0.1) is 18.7 Å². The molecule has 0 radical (unpaired) electrons. The summed E-state index contributed by atoms with van der Waals surface area (Å²) >= 11 is 0.967. The van der Waals surface area contributed by atoms with Crippen molar-refractivity contribution in [1.29, 1.82) is 0 Å². The Kier molecular flexibility index (Phi) is 6.47. The third kappa shape index (κ3) is 4.29. The van der Waals surface area contributed by atoms with Crippen molar-refractivity contribution in [3.63, 3.8) is 0 Å². The van der Waals surface area contributed by atoms with Crippen molar-refractivity contribution in [3.8, 4) is 0 Å². The number of nitrogens with zero attached hydrogens (tertiary/aromatic N) is 3. The molecule has 2 aromatic rings. The Balaban J connectivity index is 0.00000289. The minimum absolute atomic E-state index is 0. The van der Waals surface area contributed by atoms with Crippen molar-refractivity contribution < 1.29 is 27.1 Å². The largest absolute Gasteiger partial charge is 0.415 e. The lowest BCUT2D eigenvalue weighted by molar-refractivity contribution is -0.215. The molecule has 3 N–H and O–H groups in total. The monoisotopic (exact) mass is 471 g/mol. The van der Waals surface area contributed by atoms with Gasteiger partial charge >= 0.3 is 6.18 Å². The first kappa shape index (κ1) is 23.9. The first-order chi connectivity index (χ1) is 14.6. The van der Waals surface area contributed by atoms with Crippen LogP contribution in [0.25, 0.3) is 0 Å². The average molecular weight is 471 g/mol. The highest BCUT2D eigenvalue weighted by atomic mass is 32.2. The number of hydrogen-bond acceptors (Lipinski definition) is 7. The van der Waals surface area contributed by atoms with Crippen LogP contribution in [0.5, 0.6) is 0 Å². The van der Waals surface area contributed by atoms with Gasteiger partial charge in [-0.05, 0) is 25.1 Å². The Morgan fingerprint density at radius 1 is 1.31 bits per heavy atom. The molecule has 0 saturated carbocycles. The molecule has 0 unspecified atom stereocenters. The number of aryl methyl sites for hydroxylation is 1. The number of carbonyl (C=O) groups is 1. The van der Waals surface area contributed by atoms with E-state index in [1.807, 2.05) is 0 Å². The molecule has 0 spiro atoms. The Labute approximate surface area is 185 Å². The van der Waals surface area contributed by atoms with Crippen LogP contribution in [0.4, 0.5) is 23.2 Å². The lowest BCUT2D eigenvalue weighted by atomic mass is 9.78. The van der Waals surface area contributed by atoms with Gasteiger partial charge in [0.05, 0.1) is 18.5 Å². The van der Waals surface area contributed by atoms with Crippen LogP contribution in [-0.4, -0.2) is 45.7 Å². The molecule has 1 aromatic heterocycles. The number of nitrogens with one attached hydrogen (secondary N) is 1. The standard InChI is InChI=1S/C19H17F4N5O2S.CH4/c1-9-5-26-14(6-25-9)16(29)27-10-2-3-13(20)11(4-10)18-8-30-15(19(21,22)23)12(18)7-31-17(24)28-18;/h2-6,12,15H,7-8H2,1H3,(H2,24,28)(H,27,29);1H4/t12-,15+,18-;/m1./s1. The predicted octanol–water partition coefficient (Wildman–Crippen LogP) is 3.65. The molecule has 0 aliphatic carbocycles. The van der Waals surface area contributed by atoms with E-state index in [0.717, 1.165) is 17.8 Å². The SMILES string of the molecule is C.Cc1cnc(C(=O)Nc2ccc(F)c([C@]34CO[C@H](C(F)(F)F)[C@H]3CSC(N)=N4)c2)cn1. The second kappa shape index (κ2) is 8.66. The zero-order valence-corrected chi connectivity index (χ0v) is 16.9. The van der Waals surface area contributed by atoms with Gasteiger partial charge in [-0.2, -0.15) is 13.2 Å². The average Bonchev–Trinajstić information content (AvgIpc) is 3.09.